The molecule has 0 saturated heterocycles. The van der Waals surface area contributed by atoms with Crippen LogP contribution in [0.1, 0.15) is 40.7 Å². The van der Waals surface area contributed by atoms with E-state index in [2.05, 4.69) is 55.5 Å². The van der Waals surface area contributed by atoms with E-state index in [1.807, 2.05) is 12.3 Å². The fourth-order valence-electron chi connectivity index (χ4n) is 2.11. The molecule has 0 fully saturated rings. The minimum Gasteiger partial charge on any atom is -0.346 e. The van der Waals surface area contributed by atoms with E-state index >= 15 is 0 Å². The van der Waals surface area contributed by atoms with Gasteiger partial charge in [-0.2, -0.15) is 10.2 Å². The van der Waals surface area contributed by atoms with Crippen molar-refractivity contribution in [1.29, 1.82) is 0 Å². The largest absolute Gasteiger partial charge is 0.346 e. The molecule has 6 nitrogen and oxygen atoms in total. The van der Waals surface area contributed by atoms with E-state index in [4.69, 9.17) is 0 Å². The lowest BCUT2D eigenvalue weighted by molar-refractivity contribution is 0.0954. The second-order valence-electron chi connectivity index (χ2n) is 5.01. The summed E-state index contributed by atoms with van der Waals surface area (Å²) in [7, 11) is 0. The van der Waals surface area contributed by atoms with Crippen molar-refractivity contribution in [3.8, 4) is 0 Å². The lowest BCUT2D eigenvalue weighted by atomic mass is 10.0. The average Bonchev–Trinajstić information content (AvgIpc) is 3.13. The number of fused-ring (bicyclic) bond motifs is 1. The van der Waals surface area contributed by atoms with E-state index in [9.17, 15) is 4.79 Å². The number of hydrogen-bond acceptors (Lipinski definition) is 4. The van der Waals surface area contributed by atoms with Gasteiger partial charge in [-0.15, -0.1) is 11.3 Å². The lowest BCUT2D eigenvalue weighted by Crippen LogP contribution is -2.22. The number of amides is 1. The Morgan fingerprint density at radius 1 is 1.48 bits per heavy atom. The van der Waals surface area contributed by atoms with Crippen LogP contribution in [0.25, 0.3) is 10.2 Å². The van der Waals surface area contributed by atoms with Crippen molar-refractivity contribution in [3.05, 3.63) is 33.0 Å². The molecule has 0 atom stereocenters. The number of halogens is 1. The highest BCUT2D eigenvalue weighted by atomic mass is 79.9. The van der Waals surface area contributed by atoms with Crippen molar-refractivity contribution in [2.75, 3.05) is 0 Å². The van der Waals surface area contributed by atoms with Crippen LogP contribution in [0.3, 0.4) is 0 Å². The first-order valence-corrected chi connectivity index (χ1v) is 8.11. The van der Waals surface area contributed by atoms with Crippen LogP contribution >= 0.6 is 27.3 Å². The summed E-state index contributed by atoms with van der Waals surface area (Å²) in [6.45, 7) is 4.64. The predicted octanol–water partition coefficient (Wildman–Crippen LogP) is 3.16. The number of aromatic nitrogens is 4. The van der Waals surface area contributed by atoms with Gasteiger partial charge >= 0.3 is 0 Å². The van der Waals surface area contributed by atoms with Crippen LogP contribution in [0, 0.1) is 0 Å². The molecule has 0 radical (unpaired) electrons. The van der Waals surface area contributed by atoms with Crippen molar-refractivity contribution in [2.45, 2.75) is 26.3 Å². The van der Waals surface area contributed by atoms with Crippen LogP contribution in [-0.4, -0.2) is 26.3 Å². The Morgan fingerprint density at radius 3 is 3.00 bits per heavy atom. The molecule has 3 N–H and O–H groups in total. The second kappa shape index (κ2) is 5.61. The zero-order valence-corrected chi connectivity index (χ0v) is 13.9. The maximum atomic E-state index is 12.2. The monoisotopic (exact) mass is 367 g/mol. The number of aromatic amines is 2. The highest BCUT2D eigenvalue weighted by Gasteiger charge is 2.15. The highest BCUT2D eigenvalue weighted by molar-refractivity contribution is 9.10. The summed E-state index contributed by atoms with van der Waals surface area (Å²) < 4.78 is 0.795. The van der Waals surface area contributed by atoms with Crippen LogP contribution in [0.15, 0.2) is 16.9 Å². The summed E-state index contributed by atoms with van der Waals surface area (Å²) >= 11 is 4.73. The number of nitrogens with zero attached hydrogens (tertiary/aromatic N) is 2. The van der Waals surface area contributed by atoms with Crippen LogP contribution in [-0.2, 0) is 6.54 Å². The SMILES string of the molecule is CC(C)c1cn[nH]c1CNC(=O)c1cc2c(Br)[nH]nc2s1. The minimum absolute atomic E-state index is 0.103. The van der Waals surface area contributed by atoms with E-state index in [-0.39, 0.29) is 5.91 Å². The summed E-state index contributed by atoms with van der Waals surface area (Å²) in [4.78, 5) is 13.7. The van der Waals surface area contributed by atoms with Crippen molar-refractivity contribution in [1.82, 2.24) is 25.7 Å². The van der Waals surface area contributed by atoms with Crippen molar-refractivity contribution >= 4 is 43.4 Å². The van der Waals surface area contributed by atoms with Gasteiger partial charge in [0.05, 0.1) is 23.3 Å². The number of carbonyl (C=O) groups is 1. The quantitative estimate of drug-likeness (QED) is 0.661. The van der Waals surface area contributed by atoms with Crippen molar-refractivity contribution in [3.63, 3.8) is 0 Å². The molecule has 1 amide bonds. The van der Waals surface area contributed by atoms with Crippen LogP contribution in [0.2, 0.25) is 0 Å². The molecule has 0 aliphatic carbocycles. The molecule has 3 heterocycles. The molecular formula is C13H14BrN5OS. The first-order valence-electron chi connectivity index (χ1n) is 6.50. The van der Waals surface area contributed by atoms with E-state index in [0.29, 0.717) is 17.3 Å². The number of H-pyrrole nitrogens is 2. The van der Waals surface area contributed by atoms with Gasteiger partial charge in [0.15, 0.2) is 0 Å². The second-order valence-corrected chi connectivity index (χ2v) is 6.83. The average molecular weight is 368 g/mol. The van der Waals surface area contributed by atoms with E-state index in [0.717, 1.165) is 26.1 Å². The standard InChI is InChI=1S/C13H14BrN5OS/c1-6(2)8-4-16-17-9(8)5-15-12(20)10-3-7-11(14)18-19-13(7)21-10/h3-4,6H,5H2,1-2H3,(H,15,20)(H,16,17)(H,18,19). The maximum Gasteiger partial charge on any atom is 0.261 e. The third kappa shape index (κ3) is 2.73. The normalized spacial score (nSPS) is 11.4. The Bertz CT molecular complexity index is 788. The van der Waals surface area contributed by atoms with Gasteiger partial charge in [0.1, 0.15) is 9.43 Å². The molecule has 21 heavy (non-hydrogen) atoms. The summed E-state index contributed by atoms with van der Waals surface area (Å²) in [5.41, 5.74) is 2.07. The Labute approximate surface area is 133 Å². The van der Waals surface area contributed by atoms with Crippen LogP contribution in [0.4, 0.5) is 0 Å². The smallest absolute Gasteiger partial charge is 0.261 e. The third-order valence-corrected chi connectivity index (χ3v) is 4.86. The molecule has 3 rings (SSSR count). The predicted molar refractivity (Wildman–Crippen MR) is 85.5 cm³/mol. The number of nitrogens with one attached hydrogen (secondary N) is 3. The highest BCUT2D eigenvalue weighted by Crippen LogP contribution is 2.29. The van der Waals surface area contributed by atoms with Gasteiger partial charge in [-0.1, -0.05) is 13.8 Å². The molecule has 0 unspecified atom stereocenters. The van der Waals surface area contributed by atoms with Crippen LogP contribution < -0.4 is 5.32 Å². The number of hydrogen-bond donors (Lipinski definition) is 3. The van der Waals surface area contributed by atoms with Crippen molar-refractivity contribution < 1.29 is 4.79 Å². The van der Waals surface area contributed by atoms with Gasteiger partial charge in [0, 0.05) is 5.39 Å². The van der Waals surface area contributed by atoms with E-state index in [1.165, 1.54) is 11.3 Å². The molecule has 0 bridgehead atoms. The molecule has 3 aromatic rings. The number of rotatable bonds is 4. The Balaban J connectivity index is 1.72. The van der Waals surface area contributed by atoms with Crippen molar-refractivity contribution in [2.24, 2.45) is 0 Å². The summed E-state index contributed by atoms with van der Waals surface area (Å²) in [6, 6.07) is 1.83. The Kier molecular flexibility index (Phi) is 3.81. The molecule has 0 saturated carbocycles. The molecular weight excluding hydrogens is 354 g/mol. The number of thiophene rings is 1. The first kappa shape index (κ1) is 14.3. The van der Waals surface area contributed by atoms with E-state index < -0.39 is 0 Å². The Hall–Kier alpha value is -1.67. The van der Waals surface area contributed by atoms with Gasteiger partial charge in [-0.3, -0.25) is 15.0 Å². The minimum atomic E-state index is -0.103. The summed E-state index contributed by atoms with van der Waals surface area (Å²) in [5.74, 6) is 0.269. The summed E-state index contributed by atoms with van der Waals surface area (Å²) in [6.07, 6.45) is 1.81. The van der Waals surface area contributed by atoms with Crippen LogP contribution in [0.5, 0.6) is 0 Å². The Morgan fingerprint density at radius 2 is 2.29 bits per heavy atom. The molecule has 0 aliphatic heterocycles. The van der Waals surface area contributed by atoms with Gasteiger partial charge in [-0.25, -0.2) is 0 Å². The molecule has 0 aromatic carbocycles. The fraction of sp³-hybridized carbons (Fsp3) is 0.308. The lowest BCUT2D eigenvalue weighted by Gasteiger charge is -2.07. The first-order chi connectivity index (χ1) is 10.1. The van der Waals surface area contributed by atoms with Gasteiger partial charge in [0.2, 0.25) is 0 Å². The fourth-order valence-corrected chi connectivity index (χ4v) is 3.55. The van der Waals surface area contributed by atoms with Gasteiger partial charge in [-0.05, 0) is 33.5 Å². The van der Waals surface area contributed by atoms with Gasteiger partial charge in [0.25, 0.3) is 5.91 Å². The third-order valence-electron chi connectivity index (χ3n) is 3.23. The molecule has 8 heteroatoms. The number of carbonyl (C=O) groups excluding carboxylic acids is 1. The molecule has 0 aliphatic rings. The zero-order chi connectivity index (χ0) is 15.0. The topological polar surface area (TPSA) is 86.5 Å². The molecule has 3 aromatic heterocycles. The summed E-state index contributed by atoms with van der Waals surface area (Å²) in [5, 5.41) is 17.8. The zero-order valence-electron chi connectivity index (χ0n) is 11.5. The van der Waals surface area contributed by atoms with E-state index in [1.54, 1.807) is 0 Å². The maximum absolute atomic E-state index is 12.2. The molecule has 110 valence electrons. The molecule has 0 spiro atoms. The van der Waals surface area contributed by atoms with Gasteiger partial charge < -0.3 is 5.32 Å².